The van der Waals surface area contributed by atoms with E-state index in [9.17, 15) is 0 Å². The maximum Gasteiger partial charge on any atom is 0.156 e. The first-order valence-electron chi connectivity index (χ1n) is 9.08. The highest BCUT2D eigenvalue weighted by Crippen LogP contribution is 2.37. The van der Waals surface area contributed by atoms with Crippen LogP contribution in [0.3, 0.4) is 0 Å². The van der Waals surface area contributed by atoms with Gasteiger partial charge in [0.15, 0.2) is 5.75 Å². The molecular formula is C21H23Cl4NO2. The van der Waals surface area contributed by atoms with Crippen molar-refractivity contribution in [3.8, 4) is 11.5 Å². The average molecular weight is 463 g/mol. The van der Waals surface area contributed by atoms with Crippen LogP contribution in [0.15, 0.2) is 47.0 Å². The van der Waals surface area contributed by atoms with Gasteiger partial charge in [-0.1, -0.05) is 71.9 Å². The lowest BCUT2D eigenvalue weighted by atomic mass is 10.1. The Morgan fingerprint density at radius 3 is 2.32 bits per heavy atom. The summed E-state index contributed by atoms with van der Waals surface area (Å²) in [6, 6.07) is 11.8. The van der Waals surface area contributed by atoms with Gasteiger partial charge in [-0.05, 0) is 36.6 Å². The van der Waals surface area contributed by atoms with E-state index in [1.165, 1.54) is 11.6 Å². The number of ether oxygens (including phenoxy) is 2. The van der Waals surface area contributed by atoms with Gasteiger partial charge < -0.3 is 14.8 Å². The molecule has 0 saturated carbocycles. The van der Waals surface area contributed by atoms with E-state index in [1.54, 1.807) is 12.1 Å². The van der Waals surface area contributed by atoms with E-state index in [0.29, 0.717) is 28.2 Å². The molecule has 0 aliphatic rings. The molecule has 28 heavy (non-hydrogen) atoms. The van der Waals surface area contributed by atoms with E-state index in [-0.39, 0.29) is 11.1 Å². The zero-order valence-electron chi connectivity index (χ0n) is 15.6. The third kappa shape index (κ3) is 8.00. The molecular weight excluding hydrogens is 440 g/mol. The third-order valence-electron chi connectivity index (χ3n) is 3.85. The normalized spacial score (nSPS) is 10.5. The van der Waals surface area contributed by atoms with Crippen molar-refractivity contribution >= 4 is 52.1 Å². The monoisotopic (exact) mass is 461 g/mol. The molecule has 0 heterocycles. The second-order valence-electron chi connectivity index (χ2n) is 6.10. The summed E-state index contributed by atoms with van der Waals surface area (Å²) >= 11 is 23.6. The second kappa shape index (κ2) is 12.3. The molecule has 0 bridgehead atoms. The number of nitrogens with one attached hydrogen (secondary N) is 1. The van der Waals surface area contributed by atoms with Gasteiger partial charge in [-0.25, -0.2) is 0 Å². The van der Waals surface area contributed by atoms with Crippen LogP contribution in [0, 0.1) is 0 Å². The Kier molecular flexibility index (Phi) is 10.1. The Labute approximate surface area is 186 Å². The van der Waals surface area contributed by atoms with E-state index in [1.807, 2.05) is 0 Å². The van der Waals surface area contributed by atoms with E-state index in [2.05, 4.69) is 36.5 Å². The molecule has 0 amide bonds. The summed E-state index contributed by atoms with van der Waals surface area (Å²) in [6.45, 7) is 3.68. The fraction of sp³-hybridized carbons (Fsp3) is 0.333. The molecule has 0 spiro atoms. The van der Waals surface area contributed by atoms with Gasteiger partial charge in [-0.15, -0.1) is 0 Å². The van der Waals surface area contributed by atoms with Crippen LogP contribution < -0.4 is 14.8 Å². The van der Waals surface area contributed by atoms with Crippen LogP contribution in [0.25, 0.3) is 0 Å². The molecule has 3 nitrogen and oxygen atoms in total. The minimum Gasteiger partial charge on any atom is -0.490 e. The number of aryl methyl sites for hydroxylation is 1. The third-order valence-corrected chi connectivity index (χ3v) is 4.72. The summed E-state index contributed by atoms with van der Waals surface area (Å²) in [5, 5.41) is 4.16. The van der Waals surface area contributed by atoms with Crippen LogP contribution in [0.4, 0.5) is 5.69 Å². The second-order valence-corrected chi connectivity index (χ2v) is 7.92. The molecule has 0 radical (unpaired) electrons. The average Bonchev–Trinajstić information content (AvgIpc) is 2.64. The van der Waals surface area contributed by atoms with Crippen LogP contribution >= 0.6 is 46.4 Å². The Balaban J connectivity index is 1.77. The molecule has 1 N–H and O–H groups in total. The summed E-state index contributed by atoms with van der Waals surface area (Å²) in [6.07, 6.45) is 4.60. The number of anilines is 1. The number of benzene rings is 2. The standard InChI is InChI=1S/C21H23Cl4NO2/c1-2-4-15-5-7-16(8-6-15)26-10-3-11-28-21-18(22)13-17(14-19(21)23)27-12-9-20(24)25/h5-9,13-14,26H,2-4,10-12H2,1H3. The first-order valence-corrected chi connectivity index (χ1v) is 10.6. The van der Waals surface area contributed by atoms with Gasteiger partial charge in [0.1, 0.15) is 16.8 Å². The lowest BCUT2D eigenvalue weighted by Gasteiger charge is -2.13. The maximum atomic E-state index is 6.25. The van der Waals surface area contributed by atoms with Gasteiger partial charge in [0, 0.05) is 24.4 Å². The number of rotatable bonds is 11. The number of halogens is 4. The van der Waals surface area contributed by atoms with E-state index < -0.39 is 0 Å². The highest BCUT2D eigenvalue weighted by Gasteiger charge is 2.10. The van der Waals surface area contributed by atoms with Gasteiger partial charge in [-0.2, -0.15) is 0 Å². The van der Waals surface area contributed by atoms with Crippen molar-refractivity contribution in [2.45, 2.75) is 26.2 Å². The predicted octanol–water partition coefficient (Wildman–Crippen LogP) is 7.52. The fourth-order valence-electron chi connectivity index (χ4n) is 2.52. The Morgan fingerprint density at radius 2 is 1.71 bits per heavy atom. The van der Waals surface area contributed by atoms with Crippen LogP contribution in [0.1, 0.15) is 25.3 Å². The molecule has 152 valence electrons. The van der Waals surface area contributed by atoms with Crippen molar-refractivity contribution in [2.75, 3.05) is 25.1 Å². The minimum absolute atomic E-state index is 0.141. The van der Waals surface area contributed by atoms with Crippen LogP contribution in [0.2, 0.25) is 10.0 Å². The van der Waals surface area contributed by atoms with Gasteiger partial charge in [0.2, 0.25) is 0 Å². The molecule has 0 aliphatic carbocycles. The lowest BCUT2D eigenvalue weighted by molar-refractivity contribution is 0.313. The Bertz CT molecular complexity index is 751. The molecule has 2 rings (SSSR count). The summed E-state index contributed by atoms with van der Waals surface area (Å²) in [5.41, 5.74) is 2.46. The largest absolute Gasteiger partial charge is 0.490 e. The number of hydrogen-bond donors (Lipinski definition) is 1. The molecule has 7 heteroatoms. The molecule has 0 aromatic heterocycles. The van der Waals surface area contributed by atoms with E-state index >= 15 is 0 Å². The predicted molar refractivity (Wildman–Crippen MR) is 121 cm³/mol. The molecule has 0 aliphatic heterocycles. The first kappa shape index (κ1) is 23.0. The van der Waals surface area contributed by atoms with Gasteiger partial charge in [0.25, 0.3) is 0 Å². The lowest BCUT2D eigenvalue weighted by Crippen LogP contribution is -2.07. The minimum atomic E-state index is 0.141. The summed E-state index contributed by atoms with van der Waals surface area (Å²) < 4.78 is 11.4. The van der Waals surface area contributed by atoms with Crippen molar-refractivity contribution < 1.29 is 9.47 Å². The van der Waals surface area contributed by atoms with E-state index in [0.717, 1.165) is 31.5 Å². The Morgan fingerprint density at radius 1 is 1.04 bits per heavy atom. The van der Waals surface area contributed by atoms with Crippen molar-refractivity contribution in [1.29, 1.82) is 0 Å². The number of hydrogen-bond acceptors (Lipinski definition) is 3. The van der Waals surface area contributed by atoms with Crippen LogP contribution in [-0.2, 0) is 6.42 Å². The van der Waals surface area contributed by atoms with Crippen LogP contribution in [-0.4, -0.2) is 19.8 Å². The van der Waals surface area contributed by atoms with Gasteiger partial charge in [-0.3, -0.25) is 0 Å². The topological polar surface area (TPSA) is 30.5 Å². The maximum absolute atomic E-state index is 6.25. The molecule has 2 aromatic rings. The first-order chi connectivity index (χ1) is 13.5. The van der Waals surface area contributed by atoms with Crippen molar-refractivity contribution in [3.63, 3.8) is 0 Å². The zero-order chi connectivity index (χ0) is 20.4. The van der Waals surface area contributed by atoms with Gasteiger partial charge in [0.05, 0.1) is 16.7 Å². The molecule has 0 saturated heterocycles. The highest BCUT2D eigenvalue weighted by atomic mass is 35.5. The molecule has 0 atom stereocenters. The smallest absolute Gasteiger partial charge is 0.156 e. The molecule has 0 fully saturated rings. The molecule has 2 aromatic carbocycles. The summed E-state index contributed by atoms with van der Waals surface area (Å²) in [4.78, 5) is 0. The summed E-state index contributed by atoms with van der Waals surface area (Å²) in [7, 11) is 0. The van der Waals surface area contributed by atoms with Crippen molar-refractivity contribution in [3.05, 3.63) is 62.6 Å². The SMILES string of the molecule is CCCc1ccc(NCCCOc2c(Cl)cc(OCC=C(Cl)Cl)cc2Cl)cc1. The van der Waals surface area contributed by atoms with Gasteiger partial charge >= 0.3 is 0 Å². The quantitative estimate of drug-likeness (QED) is 0.350. The summed E-state index contributed by atoms with van der Waals surface area (Å²) in [5.74, 6) is 0.965. The fourth-order valence-corrected chi connectivity index (χ4v) is 3.22. The zero-order valence-corrected chi connectivity index (χ0v) is 18.6. The van der Waals surface area contributed by atoms with Crippen molar-refractivity contribution in [1.82, 2.24) is 0 Å². The van der Waals surface area contributed by atoms with E-state index in [4.69, 9.17) is 55.9 Å². The highest BCUT2D eigenvalue weighted by molar-refractivity contribution is 6.55. The van der Waals surface area contributed by atoms with Crippen LogP contribution in [0.5, 0.6) is 11.5 Å². The molecule has 0 unspecified atom stereocenters. The van der Waals surface area contributed by atoms with Crippen molar-refractivity contribution in [2.24, 2.45) is 0 Å². The Hall–Kier alpha value is -1.26.